The Morgan fingerprint density at radius 3 is 2.32 bits per heavy atom. The number of hydrogen-bond donors (Lipinski definition) is 8. The number of methoxy groups -OCH3 is 2. The van der Waals surface area contributed by atoms with Gasteiger partial charge in [-0.3, -0.25) is 33.4 Å². The first-order valence-corrected chi connectivity index (χ1v) is 21.2. The van der Waals surface area contributed by atoms with Crippen LogP contribution in [0.3, 0.4) is 0 Å². The third-order valence-electron chi connectivity index (χ3n) is 9.86. The number of ether oxygens (including phenoxy) is 4. The number of H-pyrrole nitrogens is 1. The molecule has 5 aromatic rings. The summed E-state index contributed by atoms with van der Waals surface area (Å²) in [5.41, 5.74) is 1.19. The van der Waals surface area contributed by atoms with Crippen molar-refractivity contribution in [2.75, 3.05) is 27.4 Å². The first-order valence-electron chi connectivity index (χ1n) is 18.6. The Morgan fingerprint density at radius 1 is 0.968 bits per heavy atom. The predicted molar refractivity (Wildman–Crippen MR) is 217 cm³/mol. The van der Waals surface area contributed by atoms with E-state index in [4.69, 9.17) is 44.9 Å². The van der Waals surface area contributed by atoms with E-state index in [1.165, 1.54) is 51.7 Å². The molecular formula is C36H44N9NaO15PS+. The molecule has 7 rings (SSSR count). The first kappa shape index (κ1) is 49.9. The average Bonchev–Trinajstić information content (AvgIpc) is 3.96. The fraction of sp³-hybridized carbons (Fsp3) is 0.444. The van der Waals surface area contributed by atoms with Gasteiger partial charge in [0, 0.05) is 61.1 Å². The average molecular weight is 929 g/mol. The van der Waals surface area contributed by atoms with Crippen molar-refractivity contribution in [2.45, 2.75) is 76.5 Å². The number of hydrogen-bond acceptors (Lipinski definition) is 21. The minimum absolute atomic E-state index is 0. The van der Waals surface area contributed by atoms with Crippen molar-refractivity contribution in [1.29, 1.82) is 0 Å². The van der Waals surface area contributed by atoms with E-state index in [1.807, 2.05) is 0 Å². The third kappa shape index (κ3) is 11.0. The van der Waals surface area contributed by atoms with Crippen molar-refractivity contribution in [2.24, 2.45) is 4.99 Å². The van der Waals surface area contributed by atoms with Gasteiger partial charge < -0.3 is 59.0 Å². The third-order valence-corrected chi connectivity index (χ3v) is 11.4. The molecule has 63 heavy (non-hydrogen) atoms. The molecule has 3 unspecified atom stereocenters. The minimum atomic E-state index is -4.10. The summed E-state index contributed by atoms with van der Waals surface area (Å²) in [4.78, 5) is 62.1. The maximum atomic E-state index is 12.4. The molecule has 0 saturated carbocycles. The molecule has 2 aliphatic heterocycles. The molecule has 2 aliphatic rings. The second kappa shape index (κ2) is 21.7. The predicted octanol–water partition coefficient (Wildman–Crippen LogP) is -3.20. The van der Waals surface area contributed by atoms with E-state index < -0.39 is 67.6 Å². The van der Waals surface area contributed by atoms with Crippen LogP contribution in [0.15, 0.2) is 51.9 Å². The fourth-order valence-corrected chi connectivity index (χ4v) is 8.06. The van der Waals surface area contributed by atoms with Crippen molar-refractivity contribution in [3.8, 4) is 17.2 Å². The monoisotopic (exact) mass is 928 g/mol. The van der Waals surface area contributed by atoms with Crippen LogP contribution in [0.25, 0.3) is 11.2 Å². The van der Waals surface area contributed by atoms with Crippen molar-refractivity contribution in [1.82, 2.24) is 39.0 Å². The molecular weight excluding hydrogens is 884 g/mol. The zero-order chi connectivity index (χ0) is 44.9. The largest absolute Gasteiger partial charge is 1.00 e. The number of nitrogens with zero attached hydrogens (tertiary/aromatic N) is 8. The molecule has 0 aliphatic carbocycles. The summed E-state index contributed by atoms with van der Waals surface area (Å²) in [6.45, 7) is -2.36. The van der Waals surface area contributed by atoms with E-state index in [0.29, 0.717) is 39.4 Å². The topological polar surface area (TPSA) is 334 Å². The summed E-state index contributed by atoms with van der Waals surface area (Å²) in [6, 6.07) is 1.11. The number of aliphatic imine (C=N–C) groups is 1. The van der Waals surface area contributed by atoms with E-state index >= 15 is 0 Å². The van der Waals surface area contributed by atoms with Gasteiger partial charge in [0.05, 0.1) is 57.4 Å². The van der Waals surface area contributed by atoms with Crippen LogP contribution in [-0.4, -0.2) is 139 Å². The molecule has 8 N–H and O–H groups in total. The number of aliphatic hydroxyl groups is 4. The van der Waals surface area contributed by atoms with E-state index in [-0.39, 0.29) is 78.7 Å². The quantitative estimate of drug-likeness (QED) is 0.0309. The number of aliphatic hydroxyl groups excluding tert-OH is 4. The zero-order valence-corrected chi connectivity index (χ0v) is 38.2. The van der Waals surface area contributed by atoms with E-state index in [1.54, 1.807) is 18.4 Å². The van der Waals surface area contributed by atoms with Gasteiger partial charge in [-0.15, -0.1) is 0 Å². The number of aromatic nitrogens is 8. The molecule has 0 spiro atoms. The van der Waals surface area contributed by atoms with Crippen molar-refractivity contribution >= 4 is 41.7 Å². The Kier molecular flexibility index (Phi) is 17.2. The van der Waals surface area contributed by atoms with Gasteiger partial charge in [-0.2, -0.15) is 0 Å². The Hall–Kier alpha value is -4.15. The first-order chi connectivity index (χ1) is 29.6. The summed E-state index contributed by atoms with van der Waals surface area (Å²) >= 11 is 5.23. The number of aromatic amines is 1. The molecule has 0 aromatic carbocycles. The SMILES string of the molecule is CO[C@H]1C(OP(O)(=S)OC[C@H]2O[C@@H](n3cnc4c(N=Cc5c(CO)cnc(C)c5O)ncnc43)CC2O)[C@@H](CO)O[C@H]1n1ccc(=O)[nH]c1=O.COc1c(CO)cnc(C)c1O.[Na+]. The van der Waals surface area contributed by atoms with Gasteiger partial charge in [0.1, 0.15) is 42.7 Å². The van der Waals surface area contributed by atoms with Crippen LogP contribution in [0.5, 0.6) is 17.2 Å². The molecule has 8 atom stereocenters. The summed E-state index contributed by atoms with van der Waals surface area (Å²) < 4.78 is 36.1. The van der Waals surface area contributed by atoms with Crippen molar-refractivity contribution in [3.05, 3.63) is 86.2 Å². The Bertz CT molecular complexity index is 2580. The summed E-state index contributed by atoms with van der Waals surface area (Å²) in [7, 11) is 2.74. The zero-order valence-electron chi connectivity index (χ0n) is 34.4. The summed E-state index contributed by atoms with van der Waals surface area (Å²) in [6.07, 6.45) is 0.957. The number of nitrogens with one attached hydrogen (secondary N) is 1. The number of pyridine rings is 2. The normalized spacial score (nSPS) is 23.0. The minimum Gasteiger partial charge on any atom is -0.505 e. The van der Waals surface area contributed by atoms with Crippen LogP contribution in [-0.2, 0) is 48.3 Å². The Balaban J connectivity index is 0.000000499. The number of aromatic hydroxyl groups is 2. The molecule has 0 radical (unpaired) electrons. The molecule has 24 nitrogen and oxygen atoms in total. The Morgan fingerprint density at radius 2 is 1.67 bits per heavy atom. The number of fused-ring (bicyclic) bond motifs is 1. The second-order valence-electron chi connectivity index (χ2n) is 13.7. The number of rotatable bonds is 14. The van der Waals surface area contributed by atoms with Gasteiger partial charge in [0.2, 0.25) is 0 Å². The van der Waals surface area contributed by atoms with Crippen LogP contribution < -0.4 is 45.5 Å². The van der Waals surface area contributed by atoms with E-state index in [0.717, 1.165) is 10.6 Å². The van der Waals surface area contributed by atoms with Crippen molar-refractivity contribution in [3.63, 3.8) is 0 Å². The van der Waals surface area contributed by atoms with E-state index in [9.17, 15) is 40.0 Å². The van der Waals surface area contributed by atoms with Gasteiger partial charge >= 0.3 is 42.0 Å². The van der Waals surface area contributed by atoms with Crippen LogP contribution in [0.2, 0.25) is 0 Å². The van der Waals surface area contributed by atoms with E-state index in [2.05, 4.69) is 34.9 Å². The molecule has 27 heteroatoms. The number of imidazole rings is 1. The summed E-state index contributed by atoms with van der Waals surface area (Å²) in [5.74, 6) is 0.322. The molecule has 2 fully saturated rings. The van der Waals surface area contributed by atoms with Crippen LogP contribution in [0, 0.1) is 13.8 Å². The fourth-order valence-electron chi connectivity index (χ4n) is 6.62. The molecule has 334 valence electrons. The smallest absolute Gasteiger partial charge is 0.505 e. The van der Waals surface area contributed by atoms with Crippen molar-refractivity contribution < 1.29 is 93.1 Å². The molecule has 2 saturated heterocycles. The standard InChI is InChI=1S/C28H33N8O12PS.C8H11NO3.Na/c1-13-22(41)15(14(8-37)6-29-13)7-30-25-21-26(32-11-31-25)36(12-33-21)20-5-16(39)18(46-20)10-45-49(43,50)48-23-17(9-38)47-27(24(23)44-2)35-4-3-19(40)34-28(35)42;1-5-7(11)8(12-2)6(4-10)3-9-5;/h3-4,6-7,11-12,16-18,20,23-24,27,37-39,41H,5,8-10H2,1-2H3,(H,43,50)(H,34,40,42);3,10-11H,4H2,1-2H3;/q;;+1/t16?,17-,18-,20-,23?,24+,27-,49?;;/m1../s1. The number of aryl methyl sites for hydroxylation is 2. The maximum Gasteiger partial charge on any atom is 1.00 e. The molecule has 0 bridgehead atoms. The summed E-state index contributed by atoms with van der Waals surface area (Å²) in [5, 5.41) is 59.1. The van der Waals surface area contributed by atoms with Gasteiger partial charge in [-0.1, -0.05) is 0 Å². The van der Waals surface area contributed by atoms with Gasteiger partial charge in [0.25, 0.3) is 5.56 Å². The molecule has 7 heterocycles. The van der Waals surface area contributed by atoms with Crippen LogP contribution in [0.4, 0.5) is 5.82 Å². The van der Waals surface area contributed by atoms with Crippen LogP contribution in [0.1, 0.15) is 47.0 Å². The Labute approximate surface area is 384 Å². The van der Waals surface area contributed by atoms with Gasteiger partial charge in [0.15, 0.2) is 34.7 Å². The molecule has 0 amide bonds. The van der Waals surface area contributed by atoms with Gasteiger partial charge in [-0.25, -0.2) is 24.7 Å². The van der Waals surface area contributed by atoms with Gasteiger partial charge in [-0.05, 0) is 25.7 Å². The van der Waals surface area contributed by atoms with Crippen LogP contribution >= 0.6 is 6.72 Å². The second-order valence-corrected chi connectivity index (χ2v) is 16.5. The maximum absolute atomic E-state index is 12.4. The molecule has 5 aromatic heterocycles.